The third-order valence-corrected chi connectivity index (χ3v) is 3.28. The zero-order valence-electron chi connectivity index (χ0n) is 10.4. The highest BCUT2D eigenvalue weighted by Gasteiger charge is 2.30. The van der Waals surface area contributed by atoms with Gasteiger partial charge in [-0.15, -0.1) is 0 Å². The van der Waals surface area contributed by atoms with Crippen molar-refractivity contribution in [3.8, 4) is 0 Å². The highest BCUT2D eigenvalue weighted by Crippen LogP contribution is 2.24. The van der Waals surface area contributed by atoms with Crippen molar-refractivity contribution in [1.82, 2.24) is 9.78 Å². The van der Waals surface area contributed by atoms with E-state index in [-0.39, 0.29) is 0 Å². The second kappa shape index (κ2) is 4.54. The standard InChI is InChI=1S/C11H20N4O2/c1-8-9(12)10(15(2)14-8)13-7-11(16)3-5-17-6-4-11/h13,16H,3-7,12H2,1-2H3. The monoisotopic (exact) mass is 240 g/mol. The molecule has 2 rings (SSSR count). The molecule has 0 spiro atoms. The van der Waals surface area contributed by atoms with Gasteiger partial charge in [-0.2, -0.15) is 5.10 Å². The summed E-state index contributed by atoms with van der Waals surface area (Å²) in [5.74, 6) is 0.766. The number of hydrogen-bond acceptors (Lipinski definition) is 5. The number of hydrogen-bond donors (Lipinski definition) is 3. The third kappa shape index (κ3) is 2.53. The first-order valence-corrected chi connectivity index (χ1v) is 5.85. The Balaban J connectivity index is 2.01. The number of nitrogen functional groups attached to an aromatic ring is 1. The van der Waals surface area contributed by atoms with E-state index in [0.717, 1.165) is 11.5 Å². The molecule has 1 aliphatic rings. The van der Waals surface area contributed by atoms with Crippen LogP contribution in [0.3, 0.4) is 0 Å². The minimum Gasteiger partial charge on any atom is -0.394 e. The fourth-order valence-electron chi connectivity index (χ4n) is 2.06. The minimum absolute atomic E-state index is 0.472. The number of nitrogens with zero attached hydrogens (tertiary/aromatic N) is 2. The number of nitrogens with two attached hydrogens (primary N) is 1. The number of aliphatic hydroxyl groups is 1. The Morgan fingerprint density at radius 2 is 2.18 bits per heavy atom. The number of anilines is 2. The lowest BCUT2D eigenvalue weighted by molar-refractivity contribution is -0.0544. The number of rotatable bonds is 3. The summed E-state index contributed by atoms with van der Waals surface area (Å²) < 4.78 is 6.94. The number of ether oxygens (including phenoxy) is 1. The molecule has 0 amide bonds. The average Bonchev–Trinajstić information content (AvgIpc) is 2.52. The molecule has 0 aromatic carbocycles. The van der Waals surface area contributed by atoms with Gasteiger partial charge in [0.2, 0.25) is 0 Å². The van der Waals surface area contributed by atoms with Gasteiger partial charge in [0.05, 0.1) is 17.0 Å². The number of aromatic nitrogens is 2. The topological polar surface area (TPSA) is 85.3 Å². The van der Waals surface area contributed by atoms with Gasteiger partial charge >= 0.3 is 0 Å². The summed E-state index contributed by atoms with van der Waals surface area (Å²) in [6.07, 6.45) is 1.30. The maximum atomic E-state index is 10.3. The Morgan fingerprint density at radius 1 is 1.53 bits per heavy atom. The van der Waals surface area contributed by atoms with E-state index in [1.54, 1.807) is 4.68 Å². The molecule has 0 radical (unpaired) electrons. The second-order valence-corrected chi connectivity index (χ2v) is 4.66. The van der Waals surface area contributed by atoms with Crippen LogP contribution in [0, 0.1) is 6.92 Å². The van der Waals surface area contributed by atoms with Crippen molar-refractivity contribution in [1.29, 1.82) is 0 Å². The van der Waals surface area contributed by atoms with Crippen LogP contribution in [0.5, 0.6) is 0 Å². The van der Waals surface area contributed by atoms with Crippen LogP contribution >= 0.6 is 0 Å². The Bertz CT molecular complexity index is 396. The summed E-state index contributed by atoms with van der Waals surface area (Å²) in [6, 6.07) is 0. The Kier molecular flexibility index (Phi) is 3.26. The van der Waals surface area contributed by atoms with Gasteiger partial charge in [-0.25, -0.2) is 0 Å². The predicted molar refractivity (Wildman–Crippen MR) is 65.8 cm³/mol. The quantitative estimate of drug-likeness (QED) is 0.706. The summed E-state index contributed by atoms with van der Waals surface area (Å²) in [7, 11) is 1.83. The Labute approximate surface area is 101 Å². The number of nitrogens with one attached hydrogen (secondary N) is 1. The van der Waals surface area contributed by atoms with Crippen LogP contribution in [0.2, 0.25) is 0 Å². The fourth-order valence-corrected chi connectivity index (χ4v) is 2.06. The summed E-state index contributed by atoms with van der Waals surface area (Å²) in [4.78, 5) is 0. The van der Waals surface area contributed by atoms with Crippen LogP contribution in [0.1, 0.15) is 18.5 Å². The van der Waals surface area contributed by atoms with E-state index in [0.29, 0.717) is 38.3 Å². The van der Waals surface area contributed by atoms with Gasteiger partial charge in [-0.1, -0.05) is 0 Å². The van der Waals surface area contributed by atoms with Crippen molar-refractivity contribution in [3.63, 3.8) is 0 Å². The van der Waals surface area contributed by atoms with E-state index in [9.17, 15) is 5.11 Å². The molecule has 17 heavy (non-hydrogen) atoms. The van der Waals surface area contributed by atoms with Gasteiger partial charge < -0.3 is 20.9 Å². The summed E-state index contributed by atoms with van der Waals surface area (Å²) in [5.41, 5.74) is 6.65. The molecule has 1 saturated heterocycles. The van der Waals surface area contributed by atoms with Crippen LogP contribution in [0.4, 0.5) is 11.5 Å². The van der Waals surface area contributed by atoms with E-state index < -0.39 is 5.60 Å². The first-order valence-electron chi connectivity index (χ1n) is 5.85. The SMILES string of the molecule is Cc1nn(C)c(NCC2(O)CCOCC2)c1N. The van der Waals surface area contributed by atoms with Crippen LogP contribution in [0.25, 0.3) is 0 Å². The molecule has 6 heteroatoms. The zero-order valence-corrected chi connectivity index (χ0v) is 10.4. The summed E-state index contributed by atoms with van der Waals surface area (Å²) in [5, 5.41) is 17.7. The molecule has 4 N–H and O–H groups in total. The Hall–Kier alpha value is -1.27. The molecule has 96 valence electrons. The molecular formula is C11H20N4O2. The average molecular weight is 240 g/mol. The van der Waals surface area contributed by atoms with Crippen LogP contribution in [-0.2, 0) is 11.8 Å². The lowest BCUT2D eigenvalue weighted by Gasteiger charge is -2.32. The maximum absolute atomic E-state index is 10.3. The van der Waals surface area contributed by atoms with Crippen LogP contribution in [0.15, 0.2) is 0 Å². The number of aryl methyl sites for hydroxylation is 2. The van der Waals surface area contributed by atoms with E-state index in [4.69, 9.17) is 10.5 Å². The zero-order chi connectivity index (χ0) is 12.5. The van der Waals surface area contributed by atoms with E-state index in [2.05, 4.69) is 10.4 Å². The highest BCUT2D eigenvalue weighted by atomic mass is 16.5. The van der Waals surface area contributed by atoms with Crippen molar-refractivity contribution in [2.45, 2.75) is 25.4 Å². The normalized spacial score (nSPS) is 19.2. The van der Waals surface area contributed by atoms with Gasteiger partial charge in [0, 0.05) is 39.6 Å². The smallest absolute Gasteiger partial charge is 0.147 e. The molecule has 2 heterocycles. The molecule has 1 aromatic rings. The van der Waals surface area contributed by atoms with Crippen molar-refractivity contribution < 1.29 is 9.84 Å². The molecule has 1 aromatic heterocycles. The summed E-state index contributed by atoms with van der Waals surface area (Å²) >= 11 is 0. The molecule has 0 atom stereocenters. The van der Waals surface area contributed by atoms with Gasteiger partial charge in [-0.05, 0) is 6.92 Å². The van der Waals surface area contributed by atoms with Crippen LogP contribution < -0.4 is 11.1 Å². The molecule has 0 bridgehead atoms. The van der Waals surface area contributed by atoms with Crippen molar-refractivity contribution in [2.24, 2.45) is 7.05 Å². The molecule has 6 nitrogen and oxygen atoms in total. The molecule has 0 aliphatic carbocycles. The van der Waals surface area contributed by atoms with Crippen molar-refractivity contribution in [2.75, 3.05) is 30.8 Å². The van der Waals surface area contributed by atoms with E-state index in [1.165, 1.54) is 0 Å². The molecule has 1 aliphatic heterocycles. The summed E-state index contributed by atoms with van der Waals surface area (Å²) in [6.45, 7) is 3.55. The molecule has 0 saturated carbocycles. The predicted octanol–water partition coefficient (Wildman–Crippen LogP) is 0.264. The first-order chi connectivity index (χ1) is 8.02. The molecular weight excluding hydrogens is 220 g/mol. The van der Waals surface area contributed by atoms with Gasteiger partial charge in [0.15, 0.2) is 0 Å². The fraction of sp³-hybridized carbons (Fsp3) is 0.727. The largest absolute Gasteiger partial charge is 0.394 e. The van der Waals surface area contributed by atoms with Crippen LogP contribution in [-0.4, -0.2) is 40.2 Å². The highest BCUT2D eigenvalue weighted by molar-refractivity contribution is 5.64. The minimum atomic E-state index is -0.705. The van der Waals surface area contributed by atoms with Crippen molar-refractivity contribution in [3.05, 3.63) is 5.69 Å². The molecule has 0 unspecified atom stereocenters. The van der Waals surface area contributed by atoms with Gasteiger partial charge in [-0.3, -0.25) is 4.68 Å². The van der Waals surface area contributed by atoms with E-state index in [1.807, 2.05) is 14.0 Å². The lowest BCUT2D eigenvalue weighted by atomic mass is 9.94. The van der Waals surface area contributed by atoms with Gasteiger partial charge in [0.1, 0.15) is 5.82 Å². The third-order valence-electron chi connectivity index (χ3n) is 3.28. The van der Waals surface area contributed by atoms with Gasteiger partial charge in [0.25, 0.3) is 0 Å². The second-order valence-electron chi connectivity index (χ2n) is 4.66. The lowest BCUT2D eigenvalue weighted by Crippen LogP contribution is -2.42. The molecule has 1 fully saturated rings. The Morgan fingerprint density at radius 3 is 2.71 bits per heavy atom. The van der Waals surface area contributed by atoms with Crippen molar-refractivity contribution >= 4 is 11.5 Å². The maximum Gasteiger partial charge on any atom is 0.147 e. The first kappa shape index (κ1) is 12.2. The van der Waals surface area contributed by atoms with E-state index >= 15 is 0 Å².